The van der Waals surface area contributed by atoms with Crippen LogP contribution in [0.3, 0.4) is 0 Å². The van der Waals surface area contributed by atoms with Gasteiger partial charge in [0, 0.05) is 24.0 Å². The van der Waals surface area contributed by atoms with E-state index in [1.165, 1.54) is 0 Å². The minimum Gasteiger partial charge on any atom is -0.348 e. The van der Waals surface area contributed by atoms with Crippen LogP contribution in [0.15, 0.2) is 36.8 Å². The number of H-pyrrole nitrogens is 1. The van der Waals surface area contributed by atoms with Crippen LogP contribution in [0.4, 0.5) is 5.69 Å². The predicted molar refractivity (Wildman–Crippen MR) is 80.7 cm³/mol. The van der Waals surface area contributed by atoms with Crippen molar-refractivity contribution in [2.24, 2.45) is 0 Å². The number of carbonyl (C=O) groups excluding carboxylic acids is 1. The fraction of sp³-hybridized carbons (Fsp3) is 0.375. The Morgan fingerprint density at radius 1 is 1.30 bits per heavy atom. The highest BCUT2D eigenvalue weighted by Crippen LogP contribution is 2.29. The van der Waals surface area contributed by atoms with E-state index in [0.717, 1.165) is 16.9 Å². The number of amides is 1. The molecule has 1 amide bonds. The number of imidazole rings is 1. The molecule has 0 spiro atoms. The van der Waals surface area contributed by atoms with Gasteiger partial charge >= 0.3 is 0 Å². The van der Waals surface area contributed by atoms with Gasteiger partial charge in [0.1, 0.15) is 0 Å². The zero-order chi connectivity index (χ0) is 14.6. The van der Waals surface area contributed by atoms with Gasteiger partial charge in [-0.1, -0.05) is 39.0 Å². The number of aromatic nitrogens is 2. The standard InChI is InChI=1S/C16H21N3O/c1-16(2,3)13-6-4-5-7-14(13)19-15(20)9-8-12-10-17-11-18-12/h4-7,10-11H,8-9H2,1-3H3,(H,17,18)(H,19,20). The third-order valence-corrected chi connectivity index (χ3v) is 3.19. The van der Waals surface area contributed by atoms with E-state index in [1.54, 1.807) is 12.5 Å². The number of carbonyl (C=O) groups is 1. The van der Waals surface area contributed by atoms with Gasteiger partial charge in [0.15, 0.2) is 0 Å². The Labute approximate surface area is 119 Å². The van der Waals surface area contributed by atoms with Gasteiger partial charge < -0.3 is 10.3 Å². The second-order valence-electron chi connectivity index (χ2n) is 5.92. The number of anilines is 1. The van der Waals surface area contributed by atoms with E-state index in [9.17, 15) is 4.79 Å². The van der Waals surface area contributed by atoms with Crippen molar-refractivity contribution in [3.63, 3.8) is 0 Å². The molecule has 0 bridgehead atoms. The molecule has 20 heavy (non-hydrogen) atoms. The molecule has 1 aromatic heterocycles. The van der Waals surface area contributed by atoms with Crippen LogP contribution in [0.5, 0.6) is 0 Å². The minimum absolute atomic E-state index is 0.00719. The van der Waals surface area contributed by atoms with Crippen LogP contribution in [0.2, 0.25) is 0 Å². The van der Waals surface area contributed by atoms with Crippen LogP contribution < -0.4 is 5.32 Å². The summed E-state index contributed by atoms with van der Waals surface area (Å²) in [5.41, 5.74) is 3.03. The number of para-hydroxylation sites is 1. The van der Waals surface area contributed by atoms with E-state index < -0.39 is 0 Å². The lowest BCUT2D eigenvalue weighted by Crippen LogP contribution is -2.18. The summed E-state index contributed by atoms with van der Waals surface area (Å²) in [6, 6.07) is 7.96. The molecule has 0 saturated carbocycles. The molecule has 2 rings (SSSR count). The van der Waals surface area contributed by atoms with Crippen molar-refractivity contribution >= 4 is 11.6 Å². The van der Waals surface area contributed by atoms with Crippen molar-refractivity contribution in [1.29, 1.82) is 0 Å². The van der Waals surface area contributed by atoms with E-state index in [1.807, 2.05) is 18.2 Å². The molecular formula is C16H21N3O. The third kappa shape index (κ3) is 3.70. The molecule has 0 fully saturated rings. The summed E-state index contributed by atoms with van der Waals surface area (Å²) in [6.45, 7) is 6.42. The van der Waals surface area contributed by atoms with Crippen LogP contribution in [-0.2, 0) is 16.6 Å². The second kappa shape index (κ2) is 5.90. The number of hydrogen-bond donors (Lipinski definition) is 2. The first-order valence-electron chi connectivity index (χ1n) is 6.83. The fourth-order valence-electron chi connectivity index (χ4n) is 2.13. The van der Waals surface area contributed by atoms with E-state index in [2.05, 4.69) is 42.1 Å². The zero-order valence-corrected chi connectivity index (χ0v) is 12.2. The quantitative estimate of drug-likeness (QED) is 0.896. The highest BCUT2D eigenvalue weighted by molar-refractivity contribution is 5.91. The molecular weight excluding hydrogens is 250 g/mol. The summed E-state index contributed by atoms with van der Waals surface area (Å²) in [5.74, 6) is 0.0244. The molecule has 0 atom stereocenters. The van der Waals surface area contributed by atoms with Crippen molar-refractivity contribution in [3.8, 4) is 0 Å². The molecule has 0 radical (unpaired) electrons. The smallest absolute Gasteiger partial charge is 0.224 e. The van der Waals surface area contributed by atoms with Gasteiger partial charge in [0.05, 0.1) is 6.33 Å². The summed E-state index contributed by atoms with van der Waals surface area (Å²) in [5, 5.41) is 3.01. The Balaban J connectivity index is 2.01. The Bertz CT molecular complexity index is 568. The van der Waals surface area contributed by atoms with E-state index in [-0.39, 0.29) is 11.3 Å². The van der Waals surface area contributed by atoms with Crippen molar-refractivity contribution in [2.75, 3.05) is 5.32 Å². The number of aryl methyl sites for hydroxylation is 1. The molecule has 2 aromatic rings. The lowest BCUT2D eigenvalue weighted by molar-refractivity contribution is -0.116. The normalized spacial score (nSPS) is 11.3. The average Bonchev–Trinajstić information content (AvgIpc) is 2.89. The Morgan fingerprint density at radius 2 is 2.05 bits per heavy atom. The molecule has 0 saturated heterocycles. The Kier molecular flexibility index (Phi) is 4.23. The molecule has 4 nitrogen and oxygen atoms in total. The van der Waals surface area contributed by atoms with E-state index in [0.29, 0.717) is 12.8 Å². The SMILES string of the molecule is CC(C)(C)c1ccccc1NC(=O)CCc1cnc[nH]1. The first-order valence-corrected chi connectivity index (χ1v) is 6.83. The van der Waals surface area contributed by atoms with Gasteiger partial charge in [-0.05, 0) is 23.5 Å². The number of benzene rings is 1. The highest BCUT2D eigenvalue weighted by Gasteiger charge is 2.18. The van der Waals surface area contributed by atoms with Gasteiger partial charge in [0.25, 0.3) is 0 Å². The van der Waals surface area contributed by atoms with Crippen LogP contribution in [0, 0.1) is 0 Å². The Hall–Kier alpha value is -2.10. The van der Waals surface area contributed by atoms with Gasteiger partial charge in [-0.3, -0.25) is 4.79 Å². The summed E-state index contributed by atoms with van der Waals surface area (Å²) >= 11 is 0. The van der Waals surface area contributed by atoms with Crippen LogP contribution in [0.1, 0.15) is 38.4 Å². The summed E-state index contributed by atoms with van der Waals surface area (Å²) in [6.07, 6.45) is 4.49. The monoisotopic (exact) mass is 271 g/mol. The van der Waals surface area contributed by atoms with Gasteiger partial charge in [-0.2, -0.15) is 0 Å². The molecule has 4 heteroatoms. The molecule has 2 N–H and O–H groups in total. The maximum Gasteiger partial charge on any atom is 0.224 e. The zero-order valence-electron chi connectivity index (χ0n) is 12.2. The number of hydrogen-bond acceptors (Lipinski definition) is 2. The molecule has 0 unspecified atom stereocenters. The molecule has 0 aliphatic heterocycles. The van der Waals surface area contributed by atoms with Gasteiger partial charge in [0.2, 0.25) is 5.91 Å². The average molecular weight is 271 g/mol. The molecule has 106 valence electrons. The number of nitrogens with zero attached hydrogens (tertiary/aromatic N) is 1. The number of rotatable bonds is 4. The summed E-state index contributed by atoms with van der Waals surface area (Å²) in [4.78, 5) is 19.0. The number of nitrogens with one attached hydrogen (secondary N) is 2. The largest absolute Gasteiger partial charge is 0.348 e. The fourth-order valence-corrected chi connectivity index (χ4v) is 2.13. The predicted octanol–water partition coefficient (Wildman–Crippen LogP) is 3.28. The van der Waals surface area contributed by atoms with E-state index >= 15 is 0 Å². The van der Waals surface area contributed by atoms with Gasteiger partial charge in [-0.15, -0.1) is 0 Å². The highest BCUT2D eigenvalue weighted by atomic mass is 16.1. The minimum atomic E-state index is 0.00719. The Morgan fingerprint density at radius 3 is 2.70 bits per heavy atom. The first kappa shape index (κ1) is 14.3. The summed E-state index contributed by atoms with van der Waals surface area (Å²) < 4.78 is 0. The first-order chi connectivity index (χ1) is 9.47. The van der Waals surface area contributed by atoms with Crippen LogP contribution in [0.25, 0.3) is 0 Å². The lowest BCUT2D eigenvalue weighted by Gasteiger charge is -2.23. The van der Waals surface area contributed by atoms with Crippen molar-refractivity contribution in [1.82, 2.24) is 9.97 Å². The summed E-state index contributed by atoms with van der Waals surface area (Å²) in [7, 11) is 0. The molecule has 0 aliphatic rings. The maximum atomic E-state index is 12.0. The van der Waals surface area contributed by atoms with Crippen LogP contribution >= 0.6 is 0 Å². The maximum absolute atomic E-state index is 12.0. The van der Waals surface area contributed by atoms with Gasteiger partial charge in [-0.25, -0.2) is 4.98 Å². The number of aromatic amines is 1. The third-order valence-electron chi connectivity index (χ3n) is 3.19. The topological polar surface area (TPSA) is 57.8 Å². The lowest BCUT2D eigenvalue weighted by atomic mass is 9.86. The molecule has 1 aromatic carbocycles. The van der Waals surface area contributed by atoms with E-state index in [4.69, 9.17) is 0 Å². The van der Waals surface area contributed by atoms with Crippen molar-refractivity contribution < 1.29 is 4.79 Å². The van der Waals surface area contributed by atoms with Crippen molar-refractivity contribution in [3.05, 3.63) is 48.0 Å². The molecule has 1 heterocycles. The molecule has 0 aliphatic carbocycles. The van der Waals surface area contributed by atoms with Crippen LogP contribution in [-0.4, -0.2) is 15.9 Å². The second-order valence-corrected chi connectivity index (χ2v) is 5.92. The van der Waals surface area contributed by atoms with Crippen molar-refractivity contribution in [2.45, 2.75) is 39.0 Å².